The molecule has 0 saturated heterocycles. The summed E-state index contributed by atoms with van der Waals surface area (Å²) in [6, 6.07) is 3.60. The molecule has 0 bridgehead atoms. The van der Waals surface area contributed by atoms with Gasteiger partial charge in [0.2, 0.25) is 19.6 Å². The summed E-state index contributed by atoms with van der Waals surface area (Å²) in [6.07, 6.45) is 0.462. The average molecular weight is 348 g/mol. The lowest BCUT2D eigenvalue weighted by molar-refractivity contribution is -0.120. The van der Waals surface area contributed by atoms with Crippen molar-refractivity contribution in [1.82, 2.24) is 10.6 Å². The van der Waals surface area contributed by atoms with Crippen LogP contribution in [0.5, 0.6) is 5.75 Å². The fourth-order valence-electron chi connectivity index (χ4n) is 2.23. The minimum atomic E-state index is -0.609. The summed E-state index contributed by atoms with van der Waals surface area (Å²) in [4.78, 5) is 34.2. The van der Waals surface area contributed by atoms with Crippen LogP contribution in [0.4, 0.5) is 9.59 Å². The van der Waals surface area contributed by atoms with Crippen molar-refractivity contribution in [3.8, 4) is 5.75 Å². The second-order valence-corrected chi connectivity index (χ2v) is 5.76. The Labute approximate surface area is 148 Å². The van der Waals surface area contributed by atoms with E-state index >= 15 is 0 Å². The average Bonchev–Trinajstić information content (AvgIpc) is 2.54. The number of hydrogen-bond donors (Lipinski definition) is 2. The third-order valence-electron chi connectivity index (χ3n) is 3.35. The Morgan fingerprint density at radius 3 is 2.28 bits per heavy atom. The van der Waals surface area contributed by atoms with Gasteiger partial charge in [-0.1, -0.05) is 6.92 Å². The van der Waals surface area contributed by atoms with Crippen LogP contribution < -0.4 is 15.4 Å². The van der Waals surface area contributed by atoms with E-state index in [-0.39, 0.29) is 31.3 Å². The summed E-state index contributed by atoms with van der Waals surface area (Å²) in [6.45, 7) is 6.60. The number of ether oxygens (including phenoxy) is 2. The second kappa shape index (κ2) is 10.4. The van der Waals surface area contributed by atoms with Gasteiger partial charge in [0.15, 0.2) is 0 Å². The summed E-state index contributed by atoms with van der Waals surface area (Å²) in [5, 5.41) is 5.29. The molecule has 1 aromatic carbocycles. The lowest BCUT2D eigenvalue weighted by atomic mass is 10.1. The summed E-state index contributed by atoms with van der Waals surface area (Å²) < 4.78 is 10.3. The van der Waals surface area contributed by atoms with Crippen LogP contribution in [0.2, 0.25) is 0 Å². The first kappa shape index (κ1) is 20.5. The van der Waals surface area contributed by atoms with Crippen LogP contribution in [0.1, 0.15) is 36.5 Å². The molecule has 8 heteroatoms. The van der Waals surface area contributed by atoms with Crippen molar-refractivity contribution in [3.05, 3.63) is 28.8 Å². The third-order valence-corrected chi connectivity index (χ3v) is 3.35. The molecule has 0 spiro atoms. The highest BCUT2D eigenvalue weighted by atomic mass is 16.6. The van der Waals surface area contributed by atoms with E-state index in [0.717, 1.165) is 23.1 Å². The zero-order valence-electron chi connectivity index (χ0n) is 15.2. The largest absolute Gasteiger partial charge is 0.469 e. The summed E-state index contributed by atoms with van der Waals surface area (Å²) >= 11 is 0. The third kappa shape index (κ3) is 7.74. The molecule has 0 aromatic heterocycles. The van der Waals surface area contributed by atoms with Gasteiger partial charge in [-0.15, -0.1) is 0 Å². The van der Waals surface area contributed by atoms with Gasteiger partial charge in [-0.25, -0.2) is 4.79 Å². The van der Waals surface area contributed by atoms with Crippen molar-refractivity contribution in [2.75, 3.05) is 13.1 Å². The zero-order valence-corrected chi connectivity index (χ0v) is 15.2. The highest BCUT2D eigenvalue weighted by Gasteiger charge is 2.12. The zero-order chi connectivity index (χ0) is 18.8. The standard InChI is InChI=1S/C17H25BN2O5/c1-4-6-19-14(21)5-7-20-17(23)25-15-11(2)8-13(9-12(15)3)10-24-16(18)22/h8-9H,4-7,10,18H2,1-3H3,(H,19,21)(H,20,23). The van der Waals surface area contributed by atoms with Gasteiger partial charge < -0.3 is 20.1 Å². The van der Waals surface area contributed by atoms with E-state index in [1.807, 2.05) is 20.8 Å². The van der Waals surface area contributed by atoms with Gasteiger partial charge in [0, 0.05) is 19.5 Å². The van der Waals surface area contributed by atoms with Gasteiger partial charge in [-0.2, -0.15) is 0 Å². The minimum absolute atomic E-state index is 0.107. The van der Waals surface area contributed by atoms with Crippen LogP contribution in [0.15, 0.2) is 12.1 Å². The summed E-state index contributed by atoms with van der Waals surface area (Å²) in [7, 11) is 1.35. The molecule has 0 atom stereocenters. The molecule has 0 aliphatic heterocycles. The Morgan fingerprint density at radius 1 is 1.08 bits per heavy atom. The molecule has 2 N–H and O–H groups in total. The van der Waals surface area contributed by atoms with E-state index in [9.17, 15) is 14.4 Å². The number of aryl methyl sites for hydroxylation is 2. The fraction of sp³-hybridized carbons (Fsp3) is 0.471. The summed E-state index contributed by atoms with van der Waals surface area (Å²) in [5.41, 5.74) is 2.35. The van der Waals surface area contributed by atoms with Crippen LogP contribution >= 0.6 is 0 Å². The Balaban J connectivity index is 2.53. The smallest absolute Gasteiger partial charge is 0.412 e. The SMILES string of the molecule is BC(=O)OCc1cc(C)c(OC(=O)NCCC(=O)NCCC)c(C)c1. The highest BCUT2D eigenvalue weighted by molar-refractivity contribution is 6.55. The number of rotatable bonds is 8. The molecule has 2 amide bonds. The molecule has 1 aromatic rings. The maximum atomic E-state index is 11.9. The van der Waals surface area contributed by atoms with E-state index in [4.69, 9.17) is 9.47 Å². The van der Waals surface area contributed by atoms with Gasteiger partial charge in [0.25, 0.3) is 0 Å². The lowest BCUT2D eigenvalue weighted by Crippen LogP contribution is -2.32. The molecule has 0 fully saturated rings. The first-order chi connectivity index (χ1) is 11.8. The number of nitrogens with one attached hydrogen (secondary N) is 2. The number of amides is 2. The van der Waals surface area contributed by atoms with Crippen molar-refractivity contribution in [2.24, 2.45) is 0 Å². The number of carbonyl (C=O) groups is 3. The van der Waals surface area contributed by atoms with E-state index in [0.29, 0.717) is 12.3 Å². The molecule has 136 valence electrons. The number of benzene rings is 1. The lowest BCUT2D eigenvalue weighted by Gasteiger charge is -2.13. The van der Waals surface area contributed by atoms with Gasteiger partial charge in [0.1, 0.15) is 12.4 Å². The molecule has 0 unspecified atom stereocenters. The maximum Gasteiger partial charge on any atom is 0.412 e. The predicted molar refractivity (Wildman–Crippen MR) is 96.6 cm³/mol. The normalized spacial score (nSPS) is 10.0. The molecule has 1 rings (SSSR count). The molecule has 7 nitrogen and oxygen atoms in total. The summed E-state index contributed by atoms with van der Waals surface area (Å²) in [5.74, 6) is 0.00169. The predicted octanol–water partition coefficient (Wildman–Crippen LogP) is 1.58. The number of carbonyl (C=O) groups excluding carboxylic acids is 3. The molecular formula is C17H25BN2O5. The van der Waals surface area contributed by atoms with E-state index < -0.39 is 6.09 Å². The Morgan fingerprint density at radius 2 is 1.72 bits per heavy atom. The van der Waals surface area contributed by atoms with E-state index in [1.165, 1.54) is 7.85 Å². The van der Waals surface area contributed by atoms with E-state index in [2.05, 4.69) is 10.6 Å². The first-order valence-electron chi connectivity index (χ1n) is 8.29. The Kier molecular flexibility index (Phi) is 8.53. The van der Waals surface area contributed by atoms with Gasteiger partial charge in [-0.3, -0.25) is 9.59 Å². The molecular weight excluding hydrogens is 323 g/mol. The van der Waals surface area contributed by atoms with Crippen molar-refractivity contribution < 1.29 is 23.9 Å². The minimum Gasteiger partial charge on any atom is -0.469 e. The van der Waals surface area contributed by atoms with E-state index in [1.54, 1.807) is 12.1 Å². The van der Waals surface area contributed by atoms with Gasteiger partial charge in [-0.05, 0) is 49.1 Å². The first-order valence-corrected chi connectivity index (χ1v) is 8.29. The maximum absolute atomic E-state index is 11.9. The highest BCUT2D eigenvalue weighted by Crippen LogP contribution is 2.25. The van der Waals surface area contributed by atoms with Crippen LogP contribution in [-0.4, -0.2) is 38.8 Å². The van der Waals surface area contributed by atoms with Crippen LogP contribution in [0, 0.1) is 13.8 Å². The van der Waals surface area contributed by atoms with Crippen LogP contribution in [0.25, 0.3) is 0 Å². The van der Waals surface area contributed by atoms with Gasteiger partial charge in [0.05, 0.1) is 0 Å². The molecule has 25 heavy (non-hydrogen) atoms. The second-order valence-electron chi connectivity index (χ2n) is 5.76. The fourth-order valence-corrected chi connectivity index (χ4v) is 2.23. The monoisotopic (exact) mass is 348 g/mol. The van der Waals surface area contributed by atoms with Crippen molar-refractivity contribution in [3.63, 3.8) is 0 Å². The molecule has 0 heterocycles. The van der Waals surface area contributed by atoms with Crippen molar-refractivity contribution in [2.45, 2.75) is 40.2 Å². The quantitative estimate of drug-likeness (QED) is 0.696. The molecule has 0 radical (unpaired) electrons. The Bertz CT molecular complexity index is 610. The number of hydrogen-bond acceptors (Lipinski definition) is 5. The van der Waals surface area contributed by atoms with Crippen LogP contribution in [0.3, 0.4) is 0 Å². The topological polar surface area (TPSA) is 93.7 Å². The van der Waals surface area contributed by atoms with Crippen LogP contribution in [-0.2, 0) is 16.1 Å². The van der Waals surface area contributed by atoms with Crippen molar-refractivity contribution >= 4 is 25.7 Å². The van der Waals surface area contributed by atoms with Gasteiger partial charge >= 0.3 is 6.09 Å². The molecule has 0 aliphatic rings. The molecule has 0 saturated carbocycles. The molecule has 0 aliphatic carbocycles. The van der Waals surface area contributed by atoms with Crippen molar-refractivity contribution in [1.29, 1.82) is 0 Å². The Hall–Kier alpha value is -2.51.